The number of amides is 1. The van der Waals surface area contributed by atoms with E-state index < -0.39 is 12.2 Å². The summed E-state index contributed by atoms with van der Waals surface area (Å²) in [6.07, 6.45) is -0.464. The van der Waals surface area contributed by atoms with Crippen LogP contribution in [0.25, 0.3) is 0 Å². The second kappa shape index (κ2) is 7.79. The lowest BCUT2D eigenvalue weighted by Gasteiger charge is -2.31. The summed E-state index contributed by atoms with van der Waals surface area (Å²) >= 11 is 0. The Morgan fingerprint density at radius 2 is 1.82 bits per heavy atom. The highest BCUT2D eigenvalue weighted by Crippen LogP contribution is 2.35. The van der Waals surface area contributed by atoms with Gasteiger partial charge in [-0.15, -0.1) is 0 Å². The third-order valence-corrected chi connectivity index (χ3v) is 3.11. The van der Waals surface area contributed by atoms with E-state index in [-0.39, 0.29) is 11.8 Å². The molecule has 122 valence electrons. The van der Waals surface area contributed by atoms with Gasteiger partial charge in [-0.1, -0.05) is 19.9 Å². The Morgan fingerprint density at radius 1 is 1.18 bits per heavy atom. The molecule has 0 radical (unpaired) electrons. The minimum absolute atomic E-state index is 0.111. The number of ether oxygens (including phenoxy) is 1. The molecule has 0 heterocycles. The van der Waals surface area contributed by atoms with E-state index in [1.165, 1.54) is 26.0 Å². The van der Waals surface area contributed by atoms with Crippen LogP contribution in [0.3, 0.4) is 0 Å². The SMILES string of the molecule is COC(C)N(OC(C)=O)c1cccc(NC(C)=O)c1C(C)C. The van der Waals surface area contributed by atoms with E-state index in [4.69, 9.17) is 9.57 Å². The molecule has 1 rings (SSSR count). The Balaban J connectivity index is 3.40. The van der Waals surface area contributed by atoms with Crippen LogP contribution in [0.4, 0.5) is 11.4 Å². The third kappa shape index (κ3) is 4.46. The fourth-order valence-electron chi connectivity index (χ4n) is 2.20. The summed E-state index contributed by atoms with van der Waals surface area (Å²) in [6.45, 7) is 8.58. The van der Waals surface area contributed by atoms with Crippen molar-refractivity contribution in [3.63, 3.8) is 0 Å². The normalized spacial score (nSPS) is 12.0. The van der Waals surface area contributed by atoms with Crippen molar-refractivity contribution in [1.82, 2.24) is 0 Å². The second-order valence-electron chi connectivity index (χ2n) is 5.32. The molecule has 1 amide bonds. The van der Waals surface area contributed by atoms with E-state index in [0.29, 0.717) is 11.4 Å². The van der Waals surface area contributed by atoms with E-state index >= 15 is 0 Å². The molecule has 6 heteroatoms. The molecule has 1 atom stereocenters. The van der Waals surface area contributed by atoms with Gasteiger partial charge in [-0.3, -0.25) is 9.59 Å². The van der Waals surface area contributed by atoms with Crippen LogP contribution in [0, 0.1) is 0 Å². The van der Waals surface area contributed by atoms with Crippen molar-refractivity contribution in [3.05, 3.63) is 23.8 Å². The highest BCUT2D eigenvalue weighted by atomic mass is 16.7. The van der Waals surface area contributed by atoms with E-state index in [1.54, 1.807) is 13.0 Å². The molecular formula is C16H24N2O4. The quantitative estimate of drug-likeness (QED) is 0.646. The highest BCUT2D eigenvalue weighted by molar-refractivity contribution is 5.91. The van der Waals surface area contributed by atoms with Gasteiger partial charge in [0.1, 0.15) is 0 Å². The average molecular weight is 308 g/mol. The van der Waals surface area contributed by atoms with Crippen LogP contribution in [0.5, 0.6) is 0 Å². The van der Waals surface area contributed by atoms with Gasteiger partial charge in [-0.25, -0.2) is 0 Å². The van der Waals surface area contributed by atoms with Gasteiger partial charge in [0.25, 0.3) is 0 Å². The maximum Gasteiger partial charge on any atom is 0.329 e. The standard InChI is InChI=1S/C16H24N2O4/c1-10(2)16-14(17-11(3)19)8-7-9-15(16)18(12(4)21-6)22-13(5)20/h7-10,12H,1-6H3,(H,17,19). The smallest absolute Gasteiger partial charge is 0.329 e. The largest absolute Gasteiger partial charge is 0.359 e. The van der Waals surface area contributed by atoms with E-state index in [1.807, 2.05) is 26.0 Å². The first-order chi connectivity index (χ1) is 10.3. The molecule has 0 spiro atoms. The fourth-order valence-corrected chi connectivity index (χ4v) is 2.20. The van der Waals surface area contributed by atoms with Crippen molar-refractivity contribution in [2.24, 2.45) is 0 Å². The number of hydrogen-bond acceptors (Lipinski definition) is 5. The van der Waals surface area contributed by atoms with Gasteiger partial charge < -0.3 is 14.9 Å². The highest BCUT2D eigenvalue weighted by Gasteiger charge is 2.24. The number of hydrogen-bond donors (Lipinski definition) is 1. The Labute approximate surface area is 131 Å². The van der Waals surface area contributed by atoms with Gasteiger partial charge in [0.15, 0.2) is 6.23 Å². The molecule has 1 aromatic rings. The van der Waals surface area contributed by atoms with E-state index in [2.05, 4.69) is 5.32 Å². The lowest BCUT2D eigenvalue weighted by Crippen LogP contribution is -2.37. The molecule has 0 aliphatic heterocycles. The number of hydroxylamine groups is 1. The van der Waals surface area contributed by atoms with Crippen LogP contribution < -0.4 is 10.4 Å². The predicted molar refractivity (Wildman–Crippen MR) is 85.6 cm³/mol. The predicted octanol–water partition coefficient (Wildman–Crippen LogP) is 3.05. The Kier molecular flexibility index (Phi) is 6.37. The molecule has 1 unspecified atom stereocenters. The van der Waals surface area contributed by atoms with Gasteiger partial charge in [0, 0.05) is 32.2 Å². The summed E-state index contributed by atoms with van der Waals surface area (Å²) < 4.78 is 5.28. The van der Waals surface area contributed by atoms with Crippen LogP contribution in [-0.4, -0.2) is 25.2 Å². The number of carbonyl (C=O) groups excluding carboxylic acids is 2. The van der Waals surface area contributed by atoms with Crippen molar-refractivity contribution < 1.29 is 19.2 Å². The molecule has 0 fully saturated rings. The summed E-state index contributed by atoms with van der Waals surface area (Å²) in [5.41, 5.74) is 2.26. The van der Waals surface area contributed by atoms with Gasteiger partial charge in [-0.2, -0.15) is 5.06 Å². The molecule has 0 bridgehead atoms. The molecule has 1 N–H and O–H groups in total. The van der Waals surface area contributed by atoms with Crippen LogP contribution in [0.1, 0.15) is 46.1 Å². The van der Waals surface area contributed by atoms with E-state index in [0.717, 1.165) is 5.56 Å². The van der Waals surface area contributed by atoms with Gasteiger partial charge >= 0.3 is 5.97 Å². The number of carbonyl (C=O) groups is 2. The van der Waals surface area contributed by atoms with Crippen molar-refractivity contribution >= 4 is 23.3 Å². The van der Waals surface area contributed by atoms with Crippen molar-refractivity contribution in [2.45, 2.75) is 46.8 Å². The van der Waals surface area contributed by atoms with Gasteiger partial charge in [0.2, 0.25) is 5.91 Å². The average Bonchev–Trinajstić information content (AvgIpc) is 2.42. The van der Waals surface area contributed by atoms with Crippen LogP contribution in [-0.2, 0) is 19.2 Å². The maximum atomic E-state index is 11.4. The molecular weight excluding hydrogens is 284 g/mol. The zero-order valence-electron chi connectivity index (χ0n) is 14.0. The lowest BCUT2D eigenvalue weighted by molar-refractivity contribution is -0.147. The molecule has 0 saturated heterocycles. The first-order valence-electron chi connectivity index (χ1n) is 7.19. The van der Waals surface area contributed by atoms with Crippen molar-refractivity contribution in [3.8, 4) is 0 Å². The summed E-state index contributed by atoms with van der Waals surface area (Å²) in [5, 5.41) is 4.23. The van der Waals surface area contributed by atoms with Crippen molar-refractivity contribution in [2.75, 3.05) is 17.5 Å². The molecule has 0 aliphatic carbocycles. The summed E-state index contributed by atoms with van der Waals surface area (Å²) in [6, 6.07) is 5.45. The molecule has 22 heavy (non-hydrogen) atoms. The molecule has 1 aromatic carbocycles. The number of methoxy groups -OCH3 is 1. The molecule has 0 aliphatic rings. The first-order valence-corrected chi connectivity index (χ1v) is 7.19. The number of nitrogens with zero attached hydrogens (tertiary/aromatic N) is 1. The minimum Gasteiger partial charge on any atom is -0.359 e. The van der Waals surface area contributed by atoms with Crippen LogP contribution in [0.2, 0.25) is 0 Å². The topological polar surface area (TPSA) is 67.9 Å². The number of nitrogens with one attached hydrogen (secondary N) is 1. The number of anilines is 2. The number of benzene rings is 1. The summed E-state index contributed by atoms with van der Waals surface area (Å²) in [5.74, 6) is -0.485. The Bertz CT molecular complexity index is 543. The monoisotopic (exact) mass is 308 g/mol. The molecule has 0 saturated carbocycles. The zero-order chi connectivity index (χ0) is 16.9. The molecule has 0 aromatic heterocycles. The summed E-state index contributed by atoms with van der Waals surface area (Å²) in [7, 11) is 1.54. The van der Waals surface area contributed by atoms with Crippen LogP contribution >= 0.6 is 0 Å². The van der Waals surface area contributed by atoms with Crippen molar-refractivity contribution in [1.29, 1.82) is 0 Å². The maximum absolute atomic E-state index is 11.4. The van der Waals surface area contributed by atoms with Gasteiger partial charge in [0.05, 0.1) is 5.69 Å². The first kappa shape index (κ1) is 18.0. The zero-order valence-corrected chi connectivity index (χ0v) is 14.0. The molecule has 6 nitrogen and oxygen atoms in total. The second-order valence-corrected chi connectivity index (χ2v) is 5.32. The number of rotatable bonds is 6. The Morgan fingerprint density at radius 3 is 2.27 bits per heavy atom. The minimum atomic E-state index is -0.464. The lowest BCUT2D eigenvalue weighted by atomic mass is 9.98. The van der Waals surface area contributed by atoms with Gasteiger partial charge in [-0.05, 0) is 25.0 Å². The fraction of sp³-hybridized carbons (Fsp3) is 0.500. The summed E-state index contributed by atoms with van der Waals surface area (Å²) in [4.78, 5) is 28.1. The van der Waals surface area contributed by atoms with E-state index in [9.17, 15) is 9.59 Å². The third-order valence-electron chi connectivity index (χ3n) is 3.11. The van der Waals surface area contributed by atoms with Crippen LogP contribution in [0.15, 0.2) is 18.2 Å². The Hall–Kier alpha value is -2.08.